The Kier molecular flexibility index (Phi) is 7.43. The summed E-state index contributed by atoms with van der Waals surface area (Å²) < 4.78 is 5.13. The summed E-state index contributed by atoms with van der Waals surface area (Å²) in [6, 6.07) is 15.0. The van der Waals surface area contributed by atoms with Crippen LogP contribution in [0, 0.1) is 6.92 Å². The Balaban J connectivity index is 1.37. The maximum Gasteiger partial charge on any atom is 0.407 e. The number of nitrogens with one attached hydrogen (secondary N) is 3. The van der Waals surface area contributed by atoms with Crippen LogP contribution >= 0.6 is 0 Å². The van der Waals surface area contributed by atoms with Crippen LogP contribution in [0.1, 0.15) is 47.2 Å². The maximum atomic E-state index is 12.2. The van der Waals surface area contributed by atoms with Crippen molar-refractivity contribution in [1.82, 2.24) is 10.6 Å². The summed E-state index contributed by atoms with van der Waals surface area (Å²) in [6.07, 6.45) is 2.26. The number of amides is 3. The van der Waals surface area contributed by atoms with E-state index in [0.717, 1.165) is 24.0 Å². The van der Waals surface area contributed by atoms with E-state index in [9.17, 15) is 14.4 Å². The van der Waals surface area contributed by atoms with Gasteiger partial charge in [0.15, 0.2) is 0 Å². The Hall–Kier alpha value is -3.35. The number of benzene rings is 2. The van der Waals surface area contributed by atoms with Gasteiger partial charge in [0.1, 0.15) is 6.61 Å². The fraction of sp³-hybridized carbons (Fsp3) is 0.348. The zero-order chi connectivity index (χ0) is 21.3. The van der Waals surface area contributed by atoms with Crippen LogP contribution in [0.15, 0.2) is 48.5 Å². The average molecular weight is 409 g/mol. The van der Waals surface area contributed by atoms with Gasteiger partial charge in [-0.25, -0.2) is 4.79 Å². The molecule has 158 valence electrons. The van der Waals surface area contributed by atoms with E-state index in [2.05, 4.69) is 16.0 Å². The first-order valence-corrected chi connectivity index (χ1v) is 10.2. The largest absolute Gasteiger partial charge is 0.445 e. The molecule has 7 heteroatoms. The molecule has 30 heavy (non-hydrogen) atoms. The van der Waals surface area contributed by atoms with Gasteiger partial charge in [-0.3, -0.25) is 9.59 Å². The first kappa shape index (κ1) is 21.4. The molecule has 2 aromatic carbocycles. The van der Waals surface area contributed by atoms with Crippen LogP contribution in [-0.2, 0) is 16.1 Å². The molecule has 7 nitrogen and oxygen atoms in total. The molecule has 1 saturated carbocycles. The Morgan fingerprint density at radius 1 is 1.07 bits per heavy atom. The summed E-state index contributed by atoms with van der Waals surface area (Å²) in [5.41, 5.74) is 2.95. The number of anilines is 1. The molecule has 0 atom stereocenters. The third kappa shape index (κ3) is 6.92. The normalized spacial score (nSPS) is 12.7. The third-order valence-corrected chi connectivity index (χ3v) is 4.75. The fourth-order valence-electron chi connectivity index (χ4n) is 2.82. The van der Waals surface area contributed by atoms with Gasteiger partial charge in [-0.1, -0.05) is 36.4 Å². The van der Waals surface area contributed by atoms with Crippen molar-refractivity contribution in [1.29, 1.82) is 0 Å². The number of rotatable bonds is 9. The van der Waals surface area contributed by atoms with E-state index >= 15 is 0 Å². The van der Waals surface area contributed by atoms with Crippen LogP contribution in [0.25, 0.3) is 0 Å². The molecule has 3 rings (SSSR count). The quantitative estimate of drug-likeness (QED) is 0.552. The molecule has 0 aliphatic heterocycles. The zero-order valence-electron chi connectivity index (χ0n) is 17.1. The van der Waals surface area contributed by atoms with Crippen molar-refractivity contribution in [2.45, 2.75) is 45.3 Å². The minimum Gasteiger partial charge on any atom is -0.445 e. The molecule has 0 spiro atoms. The van der Waals surface area contributed by atoms with E-state index in [-0.39, 0.29) is 30.9 Å². The van der Waals surface area contributed by atoms with E-state index in [4.69, 9.17) is 4.74 Å². The Bertz CT molecular complexity index is 895. The number of ether oxygens (including phenoxy) is 1. The van der Waals surface area contributed by atoms with Crippen LogP contribution in [0.2, 0.25) is 0 Å². The van der Waals surface area contributed by atoms with Crippen molar-refractivity contribution < 1.29 is 19.1 Å². The van der Waals surface area contributed by atoms with Gasteiger partial charge < -0.3 is 20.7 Å². The molecular formula is C23H27N3O4. The van der Waals surface area contributed by atoms with Gasteiger partial charge >= 0.3 is 6.09 Å². The maximum absolute atomic E-state index is 12.2. The summed E-state index contributed by atoms with van der Waals surface area (Å²) in [4.78, 5) is 36.1. The minimum atomic E-state index is -0.510. The summed E-state index contributed by atoms with van der Waals surface area (Å²) >= 11 is 0. The molecule has 1 fully saturated rings. The van der Waals surface area contributed by atoms with Crippen LogP contribution in [0.5, 0.6) is 0 Å². The molecule has 0 aromatic heterocycles. The monoisotopic (exact) mass is 409 g/mol. The standard InChI is InChI=1S/C23H27N3O4/c1-16-9-10-18(22(28)25-19-11-12-19)14-20(16)26-21(27)8-5-13-24-23(29)30-15-17-6-3-2-4-7-17/h2-4,6-7,9-10,14,19H,5,8,11-13,15H2,1H3,(H,24,29)(H,25,28)(H,26,27). The van der Waals surface area contributed by atoms with Gasteiger partial charge in [-0.2, -0.15) is 0 Å². The molecule has 2 aromatic rings. The smallest absolute Gasteiger partial charge is 0.407 e. The molecule has 0 bridgehead atoms. The van der Waals surface area contributed by atoms with E-state index < -0.39 is 6.09 Å². The van der Waals surface area contributed by atoms with E-state index in [1.54, 1.807) is 12.1 Å². The van der Waals surface area contributed by atoms with Crippen LogP contribution in [0.4, 0.5) is 10.5 Å². The molecule has 1 aliphatic carbocycles. The summed E-state index contributed by atoms with van der Waals surface area (Å²) in [7, 11) is 0. The van der Waals surface area contributed by atoms with E-state index in [1.165, 1.54) is 0 Å². The predicted octanol–water partition coefficient (Wildman–Crippen LogP) is 3.53. The number of hydrogen-bond acceptors (Lipinski definition) is 4. The number of hydrogen-bond donors (Lipinski definition) is 3. The summed E-state index contributed by atoms with van der Waals surface area (Å²) in [5.74, 6) is -0.288. The van der Waals surface area contributed by atoms with Gasteiger partial charge in [-0.15, -0.1) is 0 Å². The summed E-state index contributed by atoms with van der Waals surface area (Å²) in [5, 5.41) is 8.42. The highest BCUT2D eigenvalue weighted by molar-refractivity contribution is 5.98. The molecule has 0 heterocycles. The lowest BCUT2D eigenvalue weighted by Gasteiger charge is -2.11. The number of carbonyl (C=O) groups excluding carboxylic acids is 3. The van der Waals surface area contributed by atoms with E-state index in [0.29, 0.717) is 24.2 Å². The number of carbonyl (C=O) groups is 3. The van der Waals surface area contributed by atoms with Crippen molar-refractivity contribution in [2.24, 2.45) is 0 Å². The van der Waals surface area contributed by atoms with Crippen molar-refractivity contribution in [3.8, 4) is 0 Å². The van der Waals surface area contributed by atoms with Gasteiger partial charge in [0.05, 0.1) is 0 Å². The minimum absolute atomic E-state index is 0.119. The lowest BCUT2D eigenvalue weighted by atomic mass is 10.1. The molecule has 0 radical (unpaired) electrons. The molecular weight excluding hydrogens is 382 g/mol. The Labute approximate surface area is 176 Å². The van der Waals surface area contributed by atoms with Crippen molar-refractivity contribution in [3.05, 3.63) is 65.2 Å². The molecule has 0 saturated heterocycles. The number of aryl methyl sites for hydroxylation is 1. The molecule has 1 aliphatic rings. The first-order valence-electron chi connectivity index (χ1n) is 10.2. The highest BCUT2D eigenvalue weighted by Gasteiger charge is 2.24. The predicted molar refractivity (Wildman–Crippen MR) is 114 cm³/mol. The lowest BCUT2D eigenvalue weighted by Crippen LogP contribution is -2.26. The van der Waals surface area contributed by atoms with Gasteiger partial charge in [0, 0.05) is 30.3 Å². The zero-order valence-corrected chi connectivity index (χ0v) is 17.1. The highest BCUT2D eigenvalue weighted by atomic mass is 16.5. The SMILES string of the molecule is Cc1ccc(C(=O)NC2CC2)cc1NC(=O)CCCNC(=O)OCc1ccccc1. The lowest BCUT2D eigenvalue weighted by molar-refractivity contribution is -0.116. The third-order valence-electron chi connectivity index (χ3n) is 4.75. The van der Waals surface area contributed by atoms with Gasteiger partial charge in [-0.05, 0) is 49.4 Å². The second kappa shape index (κ2) is 10.4. The average Bonchev–Trinajstić information content (AvgIpc) is 3.56. The van der Waals surface area contributed by atoms with Crippen LogP contribution < -0.4 is 16.0 Å². The first-order chi connectivity index (χ1) is 14.5. The van der Waals surface area contributed by atoms with Crippen LogP contribution in [-0.4, -0.2) is 30.5 Å². The second-order valence-electron chi connectivity index (χ2n) is 7.42. The van der Waals surface area contributed by atoms with Crippen molar-refractivity contribution in [3.63, 3.8) is 0 Å². The van der Waals surface area contributed by atoms with Crippen molar-refractivity contribution >= 4 is 23.6 Å². The van der Waals surface area contributed by atoms with Gasteiger partial charge in [0.25, 0.3) is 5.91 Å². The Morgan fingerprint density at radius 2 is 1.83 bits per heavy atom. The van der Waals surface area contributed by atoms with Crippen molar-refractivity contribution in [2.75, 3.05) is 11.9 Å². The molecule has 3 N–H and O–H groups in total. The number of alkyl carbamates (subject to hydrolysis) is 1. The second-order valence-corrected chi connectivity index (χ2v) is 7.42. The fourth-order valence-corrected chi connectivity index (χ4v) is 2.82. The molecule has 0 unspecified atom stereocenters. The topological polar surface area (TPSA) is 96.5 Å². The van der Waals surface area contributed by atoms with Gasteiger partial charge in [0.2, 0.25) is 5.91 Å². The molecule has 3 amide bonds. The highest BCUT2D eigenvalue weighted by Crippen LogP contribution is 2.21. The van der Waals surface area contributed by atoms with Crippen LogP contribution in [0.3, 0.4) is 0 Å². The Morgan fingerprint density at radius 3 is 2.57 bits per heavy atom. The van der Waals surface area contributed by atoms with E-state index in [1.807, 2.05) is 43.3 Å². The summed E-state index contributed by atoms with van der Waals surface area (Å²) in [6.45, 7) is 2.42.